The number of halogens is 1. The molecule has 0 bridgehead atoms. The molecular weight excluding hydrogens is 390 g/mol. The second-order valence-electron chi connectivity index (χ2n) is 7.79. The van der Waals surface area contributed by atoms with Gasteiger partial charge in [0.1, 0.15) is 5.82 Å². The zero-order chi connectivity index (χ0) is 20.4. The van der Waals surface area contributed by atoms with Crippen LogP contribution in [-0.4, -0.2) is 33.1 Å². The molecule has 0 spiro atoms. The number of amides is 2. The van der Waals surface area contributed by atoms with Gasteiger partial charge in [0.2, 0.25) is 11.8 Å². The summed E-state index contributed by atoms with van der Waals surface area (Å²) in [6.45, 7) is 3.29. The Morgan fingerprint density at radius 2 is 2.17 bits per heavy atom. The third kappa shape index (κ3) is 4.15. The fourth-order valence-electron chi connectivity index (χ4n) is 4.18. The first-order chi connectivity index (χ1) is 14.1. The SMILES string of the molecule is CC[C@@H](NC(=O)[C@@H]1CC(=O)N(c2cccc(Cl)c2)C1)c1nnc2n1CCCCC2. The van der Waals surface area contributed by atoms with E-state index in [1.807, 2.05) is 19.1 Å². The van der Waals surface area contributed by atoms with E-state index in [4.69, 9.17) is 11.6 Å². The zero-order valence-corrected chi connectivity index (χ0v) is 17.4. The average Bonchev–Trinajstić information content (AvgIpc) is 3.22. The molecule has 29 heavy (non-hydrogen) atoms. The van der Waals surface area contributed by atoms with Crippen LogP contribution in [0.1, 0.15) is 56.7 Å². The number of aromatic nitrogens is 3. The van der Waals surface area contributed by atoms with Crippen LogP contribution in [0.3, 0.4) is 0 Å². The molecule has 1 aromatic carbocycles. The summed E-state index contributed by atoms with van der Waals surface area (Å²) in [6.07, 6.45) is 5.28. The number of carbonyl (C=O) groups is 2. The van der Waals surface area contributed by atoms with E-state index < -0.39 is 0 Å². The highest BCUT2D eigenvalue weighted by atomic mass is 35.5. The number of hydrogen-bond acceptors (Lipinski definition) is 4. The van der Waals surface area contributed by atoms with Gasteiger partial charge in [0.25, 0.3) is 0 Å². The lowest BCUT2D eigenvalue weighted by Crippen LogP contribution is -2.36. The molecule has 2 aromatic rings. The minimum atomic E-state index is -0.387. The Morgan fingerprint density at radius 3 is 2.97 bits per heavy atom. The molecule has 4 rings (SSSR count). The van der Waals surface area contributed by atoms with Crippen LogP contribution in [0.5, 0.6) is 0 Å². The third-order valence-corrected chi connectivity index (χ3v) is 6.03. The lowest BCUT2D eigenvalue weighted by molar-refractivity contribution is -0.127. The van der Waals surface area contributed by atoms with Crippen LogP contribution in [0.2, 0.25) is 5.02 Å². The first-order valence-electron chi connectivity index (χ1n) is 10.3. The summed E-state index contributed by atoms with van der Waals surface area (Å²) in [7, 11) is 0. The third-order valence-electron chi connectivity index (χ3n) is 5.79. The number of carbonyl (C=O) groups excluding carboxylic acids is 2. The molecule has 2 aliphatic heterocycles. The van der Waals surface area contributed by atoms with Crippen molar-refractivity contribution in [2.75, 3.05) is 11.4 Å². The molecular formula is C21H26ClN5O2. The van der Waals surface area contributed by atoms with Crippen molar-refractivity contribution in [3.8, 4) is 0 Å². The first-order valence-corrected chi connectivity index (χ1v) is 10.7. The molecule has 8 heteroatoms. The van der Waals surface area contributed by atoms with E-state index >= 15 is 0 Å². The molecule has 0 saturated carbocycles. The Hall–Kier alpha value is -2.41. The highest BCUT2D eigenvalue weighted by Gasteiger charge is 2.36. The number of fused-ring (bicyclic) bond motifs is 1. The van der Waals surface area contributed by atoms with E-state index in [0.717, 1.165) is 49.6 Å². The van der Waals surface area contributed by atoms with Crippen molar-refractivity contribution < 1.29 is 9.59 Å². The van der Waals surface area contributed by atoms with Crippen LogP contribution in [0, 0.1) is 5.92 Å². The predicted octanol–water partition coefficient (Wildman–Crippen LogP) is 3.28. The molecule has 1 aromatic heterocycles. The smallest absolute Gasteiger partial charge is 0.227 e. The minimum absolute atomic E-state index is 0.0585. The van der Waals surface area contributed by atoms with Crippen molar-refractivity contribution in [1.29, 1.82) is 0 Å². The number of aryl methyl sites for hydroxylation is 1. The fraction of sp³-hybridized carbons (Fsp3) is 0.524. The van der Waals surface area contributed by atoms with Crippen LogP contribution < -0.4 is 10.2 Å². The fourth-order valence-corrected chi connectivity index (χ4v) is 4.37. The molecule has 1 saturated heterocycles. The quantitative estimate of drug-likeness (QED) is 0.812. The van der Waals surface area contributed by atoms with Gasteiger partial charge in [-0.1, -0.05) is 31.0 Å². The molecule has 7 nitrogen and oxygen atoms in total. The summed E-state index contributed by atoms with van der Waals surface area (Å²) in [6, 6.07) is 6.97. The molecule has 3 heterocycles. The summed E-state index contributed by atoms with van der Waals surface area (Å²) in [5.41, 5.74) is 0.729. The van der Waals surface area contributed by atoms with Gasteiger partial charge in [-0.05, 0) is 37.5 Å². The van der Waals surface area contributed by atoms with E-state index in [-0.39, 0.29) is 30.2 Å². The van der Waals surface area contributed by atoms with Gasteiger partial charge < -0.3 is 14.8 Å². The average molecular weight is 416 g/mol. The molecule has 0 unspecified atom stereocenters. The summed E-state index contributed by atoms with van der Waals surface area (Å²) in [4.78, 5) is 27.1. The number of nitrogens with zero attached hydrogens (tertiary/aromatic N) is 4. The highest BCUT2D eigenvalue weighted by molar-refractivity contribution is 6.31. The second kappa shape index (κ2) is 8.53. The summed E-state index contributed by atoms with van der Waals surface area (Å²) >= 11 is 6.05. The van der Waals surface area contributed by atoms with Gasteiger partial charge in [0.05, 0.1) is 12.0 Å². The topological polar surface area (TPSA) is 80.1 Å². The summed E-state index contributed by atoms with van der Waals surface area (Å²) in [5, 5.41) is 12.4. The summed E-state index contributed by atoms with van der Waals surface area (Å²) in [5.74, 6) is 1.28. The van der Waals surface area contributed by atoms with Crippen molar-refractivity contribution in [3.63, 3.8) is 0 Å². The Balaban J connectivity index is 1.46. The van der Waals surface area contributed by atoms with Gasteiger partial charge in [-0.2, -0.15) is 0 Å². The molecule has 0 radical (unpaired) electrons. The highest BCUT2D eigenvalue weighted by Crippen LogP contribution is 2.28. The van der Waals surface area contributed by atoms with E-state index in [1.54, 1.807) is 17.0 Å². The predicted molar refractivity (Wildman–Crippen MR) is 111 cm³/mol. The Bertz CT molecular complexity index is 912. The number of anilines is 1. The maximum absolute atomic E-state index is 13.0. The number of nitrogens with one attached hydrogen (secondary N) is 1. The van der Waals surface area contributed by atoms with Crippen LogP contribution in [-0.2, 0) is 22.6 Å². The molecule has 1 N–H and O–H groups in total. The molecule has 154 valence electrons. The summed E-state index contributed by atoms with van der Waals surface area (Å²) < 4.78 is 2.17. The largest absolute Gasteiger partial charge is 0.346 e. The standard InChI is InChI=1S/C21H26ClN5O2/c1-2-17(20-25-24-18-9-4-3-5-10-26(18)20)23-21(29)14-11-19(28)27(13-14)16-8-6-7-15(22)12-16/h6-8,12,14,17H,2-5,9-11,13H2,1H3,(H,23,29)/t14-,17-/m1/s1. The molecule has 2 amide bonds. The Kier molecular flexibility index (Phi) is 5.85. The number of hydrogen-bond donors (Lipinski definition) is 1. The molecule has 2 aliphatic rings. The van der Waals surface area contributed by atoms with Crippen LogP contribution in [0.4, 0.5) is 5.69 Å². The Labute approximate surface area is 175 Å². The van der Waals surface area contributed by atoms with E-state index in [9.17, 15) is 9.59 Å². The van der Waals surface area contributed by atoms with E-state index in [1.165, 1.54) is 6.42 Å². The van der Waals surface area contributed by atoms with E-state index in [2.05, 4.69) is 20.1 Å². The maximum atomic E-state index is 13.0. The van der Waals surface area contributed by atoms with Crippen molar-refractivity contribution in [2.24, 2.45) is 5.92 Å². The number of rotatable bonds is 5. The van der Waals surface area contributed by atoms with Crippen molar-refractivity contribution in [2.45, 2.75) is 58.0 Å². The maximum Gasteiger partial charge on any atom is 0.227 e. The van der Waals surface area contributed by atoms with Gasteiger partial charge in [-0.3, -0.25) is 9.59 Å². The normalized spacial score (nSPS) is 20.3. The van der Waals surface area contributed by atoms with Crippen molar-refractivity contribution >= 4 is 29.1 Å². The van der Waals surface area contributed by atoms with Crippen LogP contribution >= 0.6 is 11.6 Å². The second-order valence-corrected chi connectivity index (χ2v) is 8.23. The van der Waals surface area contributed by atoms with Crippen LogP contribution in [0.25, 0.3) is 0 Å². The zero-order valence-electron chi connectivity index (χ0n) is 16.6. The molecule has 0 aliphatic carbocycles. The van der Waals surface area contributed by atoms with E-state index in [0.29, 0.717) is 11.6 Å². The van der Waals surface area contributed by atoms with Crippen LogP contribution in [0.15, 0.2) is 24.3 Å². The number of benzene rings is 1. The van der Waals surface area contributed by atoms with Gasteiger partial charge in [0, 0.05) is 36.6 Å². The van der Waals surface area contributed by atoms with Gasteiger partial charge in [-0.15, -0.1) is 10.2 Å². The van der Waals surface area contributed by atoms with Crippen molar-refractivity contribution in [1.82, 2.24) is 20.1 Å². The lowest BCUT2D eigenvalue weighted by atomic mass is 10.1. The molecule has 2 atom stereocenters. The molecule has 1 fully saturated rings. The first kappa shape index (κ1) is 19.9. The van der Waals surface area contributed by atoms with Gasteiger partial charge in [-0.25, -0.2) is 0 Å². The van der Waals surface area contributed by atoms with Gasteiger partial charge >= 0.3 is 0 Å². The lowest BCUT2D eigenvalue weighted by Gasteiger charge is -2.20. The van der Waals surface area contributed by atoms with Gasteiger partial charge in [0.15, 0.2) is 5.82 Å². The monoisotopic (exact) mass is 415 g/mol. The van der Waals surface area contributed by atoms with Crippen molar-refractivity contribution in [3.05, 3.63) is 40.9 Å². The minimum Gasteiger partial charge on any atom is -0.346 e. The Morgan fingerprint density at radius 1 is 1.31 bits per heavy atom.